The van der Waals surface area contributed by atoms with Crippen molar-refractivity contribution in [3.8, 4) is 5.88 Å². The quantitative estimate of drug-likeness (QED) is 0.119. The fourth-order valence-electron chi connectivity index (χ4n) is 5.13. The lowest BCUT2D eigenvalue weighted by atomic mass is 9.96. The number of nitrogens with one attached hydrogen (secondary N) is 2. The van der Waals surface area contributed by atoms with Gasteiger partial charge < -0.3 is 39.4 Å². The average molecular weight is 674 g/mol. The summed E-state index contributed by atoms with van der Waals surface area (Å²) in [5.41, 5.74) is 4.34. The Bertz CT molecular complexity index is 1350. The molecule has 0 spiro atoms. The maximum Gasteiger partial charge on any atom is 0.342 e. The van der Waals surface area contributed by atoms with Crippen molar-refractivity contribution >= 4 is 36.7 Å². The largest absolute Gasteiger partial charge is 0.479 e. The van der Waals surface area contributed by atoms with Gasteiger partial charge in [0.25, 0.3) is 0 Å². The molecule has 1 saturated heterocycles. The number of imidazole rings is 1. The smallest absolute Gasteiger partial charge is 0.342 e. The van der Waals surface area contributed by atoms with Crippen LogP contribution in [-0.2, 0) is 32.9 Å². The molecule has 18 heteroatoms. The Labute approximate surface area is 268 Å². The van der Waals surface area contributed by atoms with Gasteiger partial charge in [0.05, 0.1) is 33.3 Å². The molecule has 2 aromatic rings. The molecule has 1 unspecified atom stereocenters. The fourth-order valence-corrected chi connectivity index (χ4v) is 6.95. The summed E-state index contributed by atoms with van der Waals surface area (Å²) in [6, 6.07) is -2.13. The summed E-state index contributed by atoms with van der Waals surface area (Å²) in [4.78, 5) is 38.2. The number of hydrogen-bond acceptors (Lipinski definition) is 14. The Hall–Kier alpha value is -2.92. The number of hydrogen-bond donors (Lipinski definition) is 5. The van der Waals surface area contributed by atoms with Crippen molar-refractivity contribution in [3.05, 3.63) is 6.33 Å². The molecule has 260 valence electrons. The Morgan fingerprint density at radius 3 is 2.11 bits per heavy atom. The van der Waals surface area contributed by atoms with E-state index in [1.54, 1.807) is 13.8 Å². The molecular weight excluding hydrogens is 625 g/mol. The summed E-state index contributed by atoms with van der Waals surface area (Å²) in [6.45, 7) is 11.8. The first kappa shape index (κ1) is 37.5. The third kappa shape index (κ3) is 8.91. The van der Waals surface area contributed by atoms with Crippen LogP contribution in [0.3, 0.4) is 0 Å². The number of nitrogen functional groups attached to an aromatic ring is 1. The molecule has 0 amide bonds. The van der Waals surface area contributed by atoms with E-state index in [2.05, 4.69) is 25.1 Å². The van der Waals surface area contributed by atoms with Gasteiger partial charge in [0.2, 0.25) is 11.8 Å². The molecular formula is C28H48N7O10P. The molecule has 3 rings (SSSR count). The molecule has 3 heterocycles. The molecule has 1 aliphatic heterocycles. The maximum atomic E-state index is 14.5. The molecule has 2 aromatic heterocycles. The van der Waals surface area contributed by atoms with Crippen LogP contribution in [0.2, 0.25) is 0 Å². The number of nitrogens with zero attached hydrogens (tertiary/aromatic N) is 4. The number of aliphatic hydroxyl groups excluding tert-OH is 1. The SMILES string of the molecule is CCOC(=O)[C@H](CC(C)C)NP(=O)(N[C@H](CC(C)C)C(=O)OCC)OC[C@H]1O[C@@H](n2cnc3c(OC)nc(N)nc32)[C@](C)(O)[C@@H]1O. The van der Waals surface area contributed by atoms with Gasteiger partial charge in [0, 0.05) is 0 Å². The summed E-state index contributed by atoms with van der Waals surface area (Å²) in [7, 11) is -2.91. The Morgan fingerprint density at radius 2 is 1.63 bits per heavy atom. The number of ether oxygens (including phenoxy) is 4. The van der Waals surface area contributed by atoms with Crippen molar-refractivity contribution in [1.82, 2.24) is 29.7 Å². The summed E-state index contributed by atoms with van der Waals surface area (Å²) in [5.74, 6) is -1.33. The maximum absolute atomic E-state index is 14.5. The normalized spacial score (nSPS) is 24.2. The number of esters is 2. The van der Waals surface area contributed by atoms with Crippen molar-refractivity contribution < 1.29 is 47.8 Å². The zero-order chi connectivity index (χ0) is 34.4. The number of rotatable bonds is 17. The van der Waals surface area contributed by atoms with Gasteiger partial charge in [-0.3, -0.25) is 18.7 Å². The van der Waals surface area contributed by atoms with E-state index in [0.29, 0.717) is 0 Å². The molecule has 46 heavy (non-hydrogen) atoms. The minimum absolute atomic E-state index is 0.0100. The summed E-state index contributed by atoms with van der Waals surface area (Å²) >= 11 is 0. The minimum atomic E-state index is -4.30. The van der Waals surface area contributed by atoms with Crippen molar-refractivity contribution in [1.29, 1.82) is 0 Å². The zero-order valence-electron chi connectivity index (χ0n) is 27.6. The summed E-state index contributed by atoms with van der Waals surface area (Å²) in [5, 5.41) is 28.1. The van der Waals surface area contributed by atoms with E-state index >= 15 is 0 Å². The standard InChI is InChI=1S/C28H48N7O10P/c1-9-42-24(37)17(11-15(3)4)33-46(40,34-18(12-16(5)6)25(38)43-10-2)44-13-19-21(36)28(7,39)26(45-19)35-14-30-20-22(35)31-27(29)32-23(20)41-8/h14-19,21,26,36,39H,9-13H2,1-8H3,(H2,29,31,32)(H2,33,34,40)/t17-,18+,19-,21-,26-,28-,46?/m1/s1. The molecule has 0 aliphatic carbocycles. The first-order valence-corrected chi connectivity index (χ1v) is 16.9. The first-order valence-electron chi connectivity index (χ1n) is 15.3. The number of aromatic nitrogens is 4. The van der Waals surface area contributed by atoms with Crippen molar-refractivity contribution in [2.45, 2.75) is 97.4 Å². The number of anilines is 1. The second-order valence-electron chi connectivity index (χ2n) is 12.1. The van der Waals surface area contributed by atoms with Gasteiger partial charge in [-0.15, -0.1) is 0 Å². The lowest BCUT2D eigenvalue weighted by Gasteiger charge is -2.30. The third-order valence-electron chi connectivity index (χ3n) is 7.24. The Morgan fingerprint density at radius 1 is 1.09 bits per heavy atom. The number of fused-ring (bicyclic) bond motifs is 1. The number of methoxy groups -OCH3 is 1. The molecule has 17 nitrogen and oxygen atoms in total. The van der Waals surface area contributed by atoms with Crippen LogP contribution in [0.5, 0.6) is 5.88 Å². The van der Waals surface area contributed by atoms with E-state index in [4.69, 9.17) is 29.2 Å². The minimum Gasteiger partial charge on any atom is -0.479 e. The number of aliphatic hydroxyl groups is 2. The van der Waals surface area contributed by atoms with E-state index in [0.717, 1.165) is 0 Å². The number of carbonyl (C=O) groups excluding carboxylic acids is 2. The Balaban J connectivity index is 1.94. The topological polar surface area (TPSA) is 232 Å². The van der Waals surface area contributed by atoms with Gasteiger partial charge in [0.1, 0.15) is 29.9 Å². The monoisotopic (exact) mass is 673 g/mol. The molecule has 0 aromatic carbocycles. The van der Waals surface area contributed by atoms with Crippen LogP contribution >= 0.6 is 7.67 Å². The highest BCUT2D eigenvalue weighted by Gasteiger charge is 2.54. The molecule has 0 saturated carbocycles. The predicted molar refractivity (Wildman–Crippen MR) is 166 cm³/mol. The molecule has 7 atom stereocenters. The lowest BCUT2D eigenvalue weighted by Crippen LogP contribution is -2.47. The van der Waals surface area contributed by atoms with Crippen LogP contribution in [0, 0.1) is 11.8 Å². The van der Waals surface area contributed by atoms with E-state index in [1.165, 1.54) is 24.9 Å². The van der Waals surface area contributed by atoms with Crippen LogP contribution in [0.1, 0.15) is 67.5 Å². The lowest BCUT2D eigenvalue weighted by molar-refractivity contribution is -0.146. The van der Waals surface area contributed by atoms with Gasteiger partial charge >= 0.3 is 19.6 Å². The van der Waals surface area contributed by atoms with Crippen molar-refractivity contribution in [3.63, 3.8) is 0 Å². The molecule has 1 fully saturated rings. The highest BCUT2D eigenvalue weighted by molar-refractivity contribution is 7.54. The van der Waals surface area contributed by atoms with Gasteiger partial charge in [-0.05, 0) is 45.4 Å². The number of nitrogens with two attached hydrogens (primary N) is 1. The van der Waals surface area contributed by atoms with E-state index in [-0.39, 0.29) is 60.9 Å². The molecule has 0 radical (unpaired) electrons. The first-order chi connectivity index (χ1) is 21.6. The van der Waals surface area contributed by atoms with Crippen LogP contribution < -0.4 is 20.6 Å². The van der Waals surface area contributed by atoms with Gasteiger partial charge in [-0.2, -0.15) is 9.97 Å². The highest BCUT2D eigenvalue weighted by atomic mass is 31.2. The van der Waals surface area contributed by atoms with Crippen LogP contribution in [0.25, 0.3) is 11.2 Å². The summed E-state index contributed by atoms with van der Waals surface area (Å²) < 4.78 is 43.5. The second-order valence-corrected chi connectivity index (χ2v) is 14.0. The highest BCUT2D eigenvalue weighted by Crippen LogP contribution is 2.45. The predicted octanol–water partition coefficient (Wildman–Crippen LogP) is 1.69. The number of carbonyl (C=O) groups is 2. The van der Waals surface area contributed by atoms with Gasteiger partial charge in [-0.1, -0.05) is 27.7 Å². The molecule has 1 aliphatic rings. The fraction of sp³-hybridized carbons (Fsp3) is 0.750. The average Bonchev–Trinajstić information content (AvgIpc) is 3.47. The van der Waals surface area contributed by atoms with Gasteiger partial charge in [0.15, 0.2) is 17.4 Å². The molecule has 6 N–H and O–H groups in total. The van der Waals surface area contributed by atoms with E-state index in [9.17, 15) is 24.4 Å². The van der Waals surface area contributed by atoms with Crippen molar-refractivity contribution in [2.75, 3.05) is 32.7 Å². The summed E-state index contributed by atoms with van der Waals surface area (Å²) in [6.07, 6.45) is -2.24. The molecule has 0 bridgehead atoms. The van der Waals surface area contributed by atoms with Crippen LogP contribution in [-0.4, -0.2) is 98.5 Å². The van der Waals surface area contributed by atoms with E-state index < -0.39 is 62.3 Å². The van der Waals surface area contributed by atoms with Crippen LogP contribution in [0.15, 0.2) is 6.33 Å². The second kappa shape index (κ2) is 15.8. The third-order valence-corrected chi connectivity index (χ3v) is 9.05. The van der Waals surface area contributed by atoms with Crippen LogP contribution in [0.4, 0.5) is 5.95 Å². The van der Waals surface area contributed by atoms with Crippen molar-refractivity contribution in [2.24, 2.45) is 11.8 Å². The van der Waals surface area contributed by atoms with Gasteiger partial charge in [-0.25, -0.2) is 15.2 Å². The van der Waals surface area contributed by atoms with E-state index in [1.807, 2.05) is 27.7 Å². The Kier molecular flexibility index (Phi) is 12.9. The zero-order valence-corrected chi connectivity index (χ0v) is 28.5.